The van der Waals surface area contributed by atoms with Crippen LogP contribution in [0.2, 0.25) is 5.02 Å². The van der Waals surface area contributed by atoms with Crippen molar-refractivity contribution in [1.29, 1.82) is 0 Å². The van der Waals surface area contributed by atoms with E-state index >= 15 is 0 Å². The number of hydrogen-bond acceptors (Lipinski definition) is 3. The van der Waals surface area contributed by atoms with Gasteiger partial charge in [-0.05, 0) is 61.1 Å². The van der Waals surface area contributed by atoms with Crippen LogP contribution in [0.3, 0.4) is 0 Å². The van der Waals surface area contributed by atoms with Crippen molar-refractivity contribution in [1.82, 2.24) is 0 Å². The number of carbonyl (C=O) groups excluding carboxylic acids is 1. The third kappa shape index (κ3) is 7.64. The van der Waals surface area contributed by atoms with Gasteiger partial charge in [-0.25, -0.2) is 0 Å². The maximum atomic E-state index is 11.6. The van der Waals surface area contributed by atoms with Crippen LogP contribution < -0.4 is 4.74 Å². The van der Waals surface area contributed by atoms with E-state index in [1.807, 2.05) is 43.3 Å². The van der Waals surface area contributed by atoms with Crippen LogP contribution in [0.25, 0.3) is 0 Å². The number of hydrogen-bond donors (Lipinski definition) is 0. The number of halogens is 1. The zero-order valence-electron chi connectivity index (χ0n) is 16.2. The van der Waals surface area contributed by atoms with Gasteiger partial charge in [0.05, 0.1) is 13.0 Å². The first-order valence-corrected chi connectivity index (χ1v) is 10.0. The first-order valence-electron chi connectivity index (χ1n) is 9.66. The Hall–Kier alpha value is -2.00. The van der Waals surface area contributed by atoms with Gasteiger partial charge in [0.15, 0.2) is 0 Å². The molecule has 0 radical (unpaired) electrons. The Morgan fingerprint density at radius 1 is 0.963 bits per heavy atom. The molecule has 0 spiro atoms. The minimum atomic E-state index is -0.0771. The van der Waals surface area contributed by atoms with Gasteiger partial charge >= 0.3 is 5.97 Å². The van der Waals surface area contributed by atoms with Crippen LogP contribution in [0.1, 0.15) is 50.2 Å². The zero-order chi connectivity index (χ0) is 19.5. The molecule has 0 aliphatic rings. The third-order valence-electron chi connectivity index (χ3n) is 4.79. The van der Waals surface area contributed by atoms with E-state index in [0.29, 0.717) is 6.61 Å². The van der Waals surface area contributed by atoms with Gasteiger partial charge in [0.1, 0.15) is 12.4 Å². The fourth-order valence-corrected chi connectivity index (χ4v) is 3.18. The molecule has 27 heavy (non-hydrogen) atoms. The van der Waals surface area contributed by atoms with E-state index in [1.165, 1.54) is 12.7 Å². The van der Waals surface area contributed by atoms with Crippen molar-refractivity contribution >= 4 is 17.6 Å². The highest BCUT2D eigenvalue weighted by atomic mass is 35.5. The molecule has 2 aromatic rings. The topological polar surface area (TPSA) is 35.5 Å². The molecule has 0 fully saturated rings. The molecule has 1 atom stereocenters. The number of rotatable bonds is 11. The molecule has 0 aliphatic carbocycles. The highest BCUT2D eigenvalue weighted by molar-refractivity contribution is 6.30. The highest BCUT2D eigenvalue weighted by Gasteiger charge is 2.15. The van der Waals surface area contributed by atoms with Crippen molar-refractivity contribution in [3.63, 3.8) is 0 Å². The summed E-state index contributed by atoms with van der Waals surface area (Å²) in [6.45, 7) is 2.58. The Kier molecular flexibility index (Phi) is 9.20. The normalized spacial score (nSPS) is 11.8. The molecule has 4 heteroatoms. The predicted molar refractivity (Wildman–Crippen MR) is 110 cm³/mol. The molecule has 0 saturated carbocycles. The van der Waals surface area contributed by atoms with Gasteiger partial charge in [-0.3, -0.25) is 4.79 Å². The zero-order valence-corrected chi connectivity index (χ0v) is 17.0. The standard InChI is InChI=1S/C23H29ClO3/c1-3-20(23(25)26-2)8-6-4-5-7-18-11-15-22(16-12-18)27-17-19-9-13-21(24)14-10-19/h9-16,20H,3-8,17H2,1-2H3. The summed E-state index contributed by atoms with van der Waals surface area (Å²) in [6.07, 6.45) is 6.14. The molecule has 2 aromatic carbocycles. The number of methoxy groups -OCH3 is 1. The van der Waals surface area contributed by atoms with Crippen LogP contribution in [0.15, 0.2) is 48.5 Å². The largest absolute Gasteiger partial charge is 0.489 e. The number of unbranched alkanes of at least 4 members (excludes halogenated alkanes) is 2. The Morgan fingerprint density at radius 2 is 1.63 bits per heavy atom. The fraction of sp³-hybridized carbons (Fsp3) is 0.435. The number of benzene rings is 2. The second-order valence-electron chi connectivity index (χ2n) is 6.79. The second-order valence-corrected chi connectivity index (χ2v) is 7.22. The van der Waals surface area contributed by atoms with E-state index in [2.05, 4.69) is 12.1 Å². The number of esters is 1. The summed E-state index contributed by atoms with van der Waals surface area (Å²) < 4.78 is 10.7. The van der Waals surface area contributed by atoms with Crippen molar-refractivity contribution < 1.29 is 14.3 Å². The Balaban J connectivity index is 1.66. The number of carbonyl (C=O) groups is 1. The van der Waals surface area contributed by atoms with Crippen molar-refractivity contribution in [2.75, 3.05) is 7.11 Å². The average Bonchev–Trinajstić information content (AvgIpc) is 2.70. The molecular formula is C23H29ClO3. The summed E-state index contributed by atoms with van der Waals surface area (Å²) in [5, 5.41) is 0.735. The summed E-state index contributed by atoms with van der Waals surface area (Å²) in [6, 6.07) is 16.0. The van der Waals surface area contributed by atoms with Gasteiger partial charge < -0.3 is 9.47 Å². The fourth-order valence-electron chi connectivity index (χ4n) is 3.05. The molecule has 0 aliphatic heterocycles. The first-order chi connectivity index (χ1) is 13.1. The van der Waals surface area contributed by atoms with Gasteiger partial charge in [-0.1, -0.05) is 55.6 Å². The summed E-state index contributed by atoms with van der Waals surface area (Å²) in [5.74, 6) is 0.844. The molecule has 0 saturated heterocycles. The van der Waals surface area contributed by atoms with Crippen molar-refractivity contribution in [2.24, 2.45) is 5.92 Å². The number of aryl methyl sites for hydroxylation is 1. The SMILES string of the molecule is CCC(CCCCCc1ccc(OCc2ccc(Cl)cc2)cc1)C(=O)OC. The molecular weight excluding hydrogens is 360 g/mol. The molecule has 146 valence electrons. The molecule has 2 rings (SSSR count). The lowest BCUT2D eigenvalue weighted by molar-refractivity contribution is -0.145. The first kappa shape index (κ1) is 21.3. The van der Waals surface area contributed by atoms with Gasteiger partial charge in [0.2, 0.25) is 0 Å². The van der Waals surface area contributed by atoms with E-state index in [9.17, 15) is 4.79 Å². The van der Waals surface area contributed by atoms with Gasteiger partial charge in [0.25, 0.3) is 0 Å². The number of ether oxygens (including phenoxy) is 2. The lowest BCUT2D eigenvalue weighted by Gasteiger charge is -2.11. The minimum absolute atomic E-state index is 0.0482. The summed E-state index contributed by atoms with van der Waals surface area (Å²) in [5.41, 5.74) is 2.41. The van der Waals surface area contributed by atoms with Crippen molar-refractivity contribution in [3.05, 3.63) is 64.7 Å². The maximum Gasteiger partial charge on any atom is 0.308 e. The molecule has 0 bridgehead atoms. The highest BCUT2D eigenvalue weighted by Crippen LogP contribution is 2.19. The van der Waals surface area contributed by atoms with E-state index in [0.717, 1.165) is 54.9 Å². The van der Waals surface area contributed by atoms with Crippen LogP contribution in [0.5, 0.6) is 5.75 Å². The van der Waals surface area contributed by atoms with Crippen LogP contribution in [0.4, 0.5) is 0 Å². The maximum absolute atomic E-state index is 11.6. The average molecular weight is 389 g/mol. The van der Waals surface area contributed by atoms with E-state index in [-0.39, 0.29) is 11.9 Å². The van der Waals surface area contributed by atoms with Gasteiger partial charge in [0, 0.05) is 5.02 Å². The van der Waals surface area contributed by atoms with Gasteiger partial charge in [-0.2, -0.15) is 0 Å². The lowest BCUT2D eigenvalue weighted by Crippen LogP contribution is -2.15. The summed E-state index contributed by atoms with van der Waals surface area (Å²) in [7, 11) is 1.47. The summed E-state index contributed by atoms with van der Waals surface area (Å²) in [4.78, 5) is 11.6. The Labute approximate surface area is 167 Å². The monoisotopic (exact) mass is 388 g/mol. The smallest absolute Gasteiger partial charge is 0.308 e. The predicted octanol–water partition coefficient (Wildman–Crippen LogP) is 6.22. The molecule has 1 unspecified atom stereocenters. The minimum Gasteiger partial charge on any atom is -0.489 e. The van der Waals surface area contributed by atoms with Crippen LogP contribution in [-0.4, -0.2) is 13.1 Å². The van der Waals surface area contributed by atoms with Crippen LogP contribution >= 0.6 is 11.6 Å². The van der Waals surface area contributed by atoms with E-state index in [4.69, 9.17) is 21.1 Å². The van der Waals surface area contributed by atoms with Crippen molar-refractivity contribution in [2.45, 2.75) is 52.1 Å². The second kappa shape index (κ2) is 11.7. The lowest BCUT2D eigenvalue weighted by atomic mass is 9.97. The molecule has 3 nitrogen and oxygen atoms in total. The molecule has 0 amide bonds. The quantitative estimate of drug-likeness (QED) is 0.338. The molecule has 0 aromatic heterocycles. The Morgan fingerprint density at radius 3 is 2.26 bits per heavy atom. The third-order valence-corrected chi connectivity index (χ3v) is 5.04. The molecule has 0 heterocycles. The van der Waals surface area contributed by atoms with Crippen molar-refractivity contribution in [3.8, 4) is 5.75 Å². The van der Waals surface area contributed by atoms with Gasteiger partial charge in [-0.15, -0.1) is 0 Å². The molecule has 0 N–H and O–H groups in total. The Bertz CT molecular complexity index is 680. The van der Waals surface area contributed by atoms with E-state index < -0.39 is 0 Å². The van der Waals surface area contributed by atoms with Crippen LogP contribution in [-0.2, 0) is 22.6 Å². The summed E-state index contributed by atoms with van der Waals surface area (Å²) >= 11 is 5.89. The van der Waals surface area contributed by atoms with E-state index in [1.54, 1.807) is 0 Å². The van der Waals surface area contributed by atoms with Crippen LogP contribution in [0, 0.1) is 5.92 Å².